The molecule has 15 heavy (non-hydrogen) atoms. The Morgan fingerprint density at radius 3 is 2.13 bits per heavy atom. The highest BCUT2D eigenvalue weighted by atomic mass is 19.2. The number of hydrogen-bond donors (Lipinski definition) is 0. The molecule has 0 amide bonds. The van der Waals surface area contributed by atoms with Crippen molar-refractivity contribution in [3.05, 3.63) is 0 Å². The first-order chi connectivity index (χ1) is 7.02. The van der Waals surface area contributed by atoms with E-state index >= 15 is 0 Å². The number of rotatable bonds is 0. The van der Waals surface area contributed by atoms with Crippen LogP contribution in [0.1, 0.15) is 33.1 Å². The van der Waals surface area contributed by atoms with Gasteiger partial charge in [-0.2, -0.15) is 0 Å². The van der Waals surface area contributed by atoms with Gasteiger partial charge in [0.25, 0.3) is 0 Å². The molecule has 0 aliphatic heterocycles. The van der Waals surface area contributed by atoms with E-state index in [1.165, 1.54) is 0 Å². The zero-order chi connectivity index (χ0) is 11.2. The van der Waals surface area contributed by atoms with Crippen molar-refractivity contribution in [2.24, 2.45) is 23.7 Å². The summed E-state index contributed by atoms with van der Waals surface area (Å²) < 4.78 is 41.1. The summed E-state index contributed by atoms with van der Waals surface area (Å²) in [5, 5.41) is 0. The summed E-state index contributed by atoms with van der Waals surface area (Å²) in [6, 6.07) is 0. The minimum absolute atomic E-state index is 0.0631. The molecular weight excluding hydrogens is 201 g/mol. The summed E-state index contributed by atoms with van der Waals surface area (Å²) in [7, 11) is 0. The Morgan fingerprint density at radius 2 is 1.47 bits per heavy atom. The van der Waals surface area contributed by atoms with Gasteiger partial charge in [-0.15, -0.1) is 0 Å². The molecule has 0 aromatic heterocycles. The Hall–Kier alpha value is -0.210. The lowest BCUT2D eigenvalue weighted by Crippen LogP contribution is -2.50. The molecule has 7 unspecified atom stereocenters. The largest absolute Gasteiger partial charge is 0.247 e. The third-order valence-corrected chi connectivity index (χ3v) is 4.34. The normalized spacial score (nSPS) is 56.2. The second-order valence-electron chi connectivity index (χ2n) is 5.44. The zero-order valence-corrected chi connectivity index (χ0v) is 9.30. The van der Waals surface area contributed by atoms with Crippen LogP contribution >= 0.6 is 0 Å². The highest BCUT2D eigenvalue weighted by molar-refractivity contribution is 4.98. The highest BCUT2D eigenvalue weighted by Crippen LogP contribution is 2.47. The summed E-state index contributed by atoms with van der Waals surface area (Å²) in [6.07, 6.45) is -1.86. The molecule has 0 nitrogen and oxygen atoms in total. The van der Waals surface area contributed by atoms with Crippen molar-refractivity contribution in [2.75, 3.05) is 0 Å². The lowest BCUT2D eigenvalue weighted by Gasteiger charge is -2.46. The molecule has 2 saturated carbocycles. The lowest BCUT2D eigenvalue weighted by atomic mass is 9.63. The van der Waals surface area contributed by atoms with Gasteiger partial charge in [0, 0.05) is 5.92 Å². The van der Waals surface area contributed by atoms with Crippen molar-refractivity contribution >= 4 is 0 Å². The fourth-order valence-corrected chi connectivity index (χ4v) is 3.31. The zero-order valence-electron chi connectivity index (χ0n) is 9.30. The maximum Gasteiger partial charge on any atom is 0.137 e. The van der Waals surface area contributed by atoms with Crippen LogP contribution in [0.5, 0.6) is 0 Å². The van der Waals surface area contributed by atoms with E-state index in [4.69, 9.17) is 0 Å². The molecule has 2 rings (SSSR count). The van der Waals surface area contributed by atoms with Crippen LogP contribution in [0.2, 0.25) is 0 Å². The molecule has 0 N–H and O–H groups in total. The van der Waals surface area contributed by atoms with Gasteiger partial charge in [0.15, 0.2) is 0 Å². The van der Waals surface area contributed by atoms with Crippen molar-refractivity contribution in [3.63, 3.8) is 0 Å². The molecule has 3 heteroatoms. The van der Waals surface area contributed by atoms with Gasteiger partial charge < -0.3 is 0 Å². The summed E-state index contributed by atoms with van der Waals surface area (Å²) in [4.78, 5) is 0. The molecule has 88 valence electrons. The third kappa shape index (κ3) is 1.78. The maximum absolute atomic E-state index is 13.9. The minimum Gasteiger partial charge on any atom is -0.247 e. The predicted octanol–water partition coefficient (Wildman–Crippen LogP) is 3.70. The van der Waals surface area contributed by atoms with Gasteiger partial charge >= 0.3 is 0 Å². The number of halogens is 3. The Balaban J connectivity index is 2.16. The van der Waals surface area contributed by atoms with E-state index in [0.29, 0.717) is 6.42 Å². The lowest BCUT2D eigenvalue weighted by molar-refractivity contribution is -0.0759. The molecule has 2 aliphatic rings. The van der Waals surface area contributed by atoms with Gasteiger partial charge in [-0.05, 0) is 37.0 Å². The molecule has 0 aromatic carbocycles. The molecule has 7 atom stereocenters. The molecule has 0 saturated heterocycles. The fraction of sp³-hybridized carbons (Fsp3) is 1.00. The van der Waals surface area contributed by atoms with E-state index < -0.39 is 24.4 Å². The molecule has 0 spiro atoms. The summed E-state index contributed by atoms with van der Waals surface area (Å²) in [6.45, 7) is 3.54. The van der Waals surface area contributed by atoms with E-state index in [0.717, 1.165) is 12.8 Å². The van der Waals surface area contributed by atoms with Gasteiger partial charge in [0.2, 0.25) is 0 Å². The second kappa shape index (κ2) is 3.99. The van der Waals surface area contributed by atoms with Gasteiger partial charge in [-0.25, -0.2) is 13.2 Å². The van der Waals surface area contributed by atoms with Crippen LogP contribution in [0, 0.1) is 23.7 Å². The van der Waals surface area contributed by atoms with Crippen molar-refractivity contribution in [3.8, 4) is 0 Å². The SMILES string of the molecule is CC1CC2CCC(C)C(F)C2C(F)C1F. The molecule has 0 bridgehead atoms. The van der Waals surface area contributed by atoms with Gasteiger partial charge in [-0.1, -0.05) is 13.8 Å². The van der Waals surface area contributed by atoms with E-state index in [2.05, 4.69) is 0 Å². The predicted molar refractivity (Wildman–Crippen MR) is 53.8 cm³/mol. The van der Waals surface area contributed by atoms with E-state index in [1.807, 2.05) is 0 Å². The smallest absolute Gasteiger partial charge is 0.137 e. The molecule has 0 radical (unpaired) electrons. The van der Waals surface area contributed by atoms with Crippen molar-refractivity contribution in [1.82, 2.24) is 0 Å². The maximum atomic E-state index is 13.9. The fourth-order valence-electron chi connectivity index (χ4n) is 3.31. The Labute approximate surface area is 89.2 Å². The second-order valence-corrected chi connectivity index (χ2v) is 5.44. The average molecular weight is 220 g/mol. The van der Waals surface area contributed by atoms with Crippen LogP contribution in [0.25, 0.3) is 0 Å². The summed E-state index contributed by atoms with van der Waals surface area (Å²) in [5.74, 6) is -0.972. The molecule has 0 aromatic rings. The van der Waals surface area contributed by atoms with E-state index in [1.54, 1.807) is 13.8 Å². The van der Waals surface area contributed by atoms with Crippen LogP contribution in [0.4, 0.5) is 13.2 Å². The van der Waals surface area contributed by atoms with E-state index in [9.17, 15) is 13.2 Å². The number of fused-ring (bicyclic) bond motifs is 1. The van der Waals surface area contributed by atoms with Gasteiger partial charge in [-0.3, -0.25) is 0 Å². The topological polar surface area (TPSA) is 0 Å². The highest BCUT2D eigenvalue weighted by Gasteiger charge is 2.50. The van der Waals surface area contributed by atoms with Gasteiger partial charge in [0.05, 0.1) is 0 Å². The van der Waals surface area contributed by atoms with Crippen molar-refractivity contribution in [1.29, 1.82) is 0 Å². The average Bonchev–Trinajstić information content (AvgIpc) is 2.20. The summed E-state index contributed by atoms with van der Waals surface area (Å²) >= 11 is 0. The number of alkyl halides is 3. The van der Waals surface area contributed by atoms with E-state index in [-0.39, 0.29) is 17.8 Å². The van der Waals surface area contributed by atoms with Crippen LogP contribution < -0.4 is 0 Å². The standard InChI is InChI=1S/C12H19F3/c1-6-3-4-8-5-7(2)11(14)12(15)9(8)10(6)13/h6-12H,3-5H2,1-2H3. The van der Waals surface area contributed by atoms with Crippen molar-refractivity contribution < 1.29 is 13.2 Å². The molecule has 2 aliphatic carbocycles. The first-order valence-corrected chi connectivity index (χ1v) is 5.94. The van der Waals surface area contributed by atoms with Gasteiger partial charge in [0.1, 0.15) is 18.5 Å². The quantitative estimate of drug-likeness (QED) is 0.584. The molecular formula is C12H19F3. The Kier molecular flexibility index (Phi) is 3.00. The minimum atomic E-state index is -1.59. The number of hydrogen-bond acceptors (Lipinski definition) is 0. The van der Waals surface area contributed by atoms with Crippen LogP contribution in [0.15, 0.2) is 0 Å². The van der Waals surface area contributed by atoms with Crippen LogP contribution in [-0.2, 0) is 0 Å². The Morgan fingerprint density at radius 1 is 0.800 bits per heavy atom. The Bertz CT molecular complexity index is 229. The van der Waals surface area contributed by atoms with Crippen LogP contribution in [0.3, 0.4) is 0 Å². The first kappa shape index (κ1) is 11.3. The third-order valence-electron chi connectivity index (χ3n) is 4.34. The van der Waals surface area contributed by atoms with Crippen molar-refractivity contribution in [2.45, 2.75) is 51.6 Å². The molecule has 2 fully saturated rings. The molecule has 0 heterocycles. The first-order valence-electron chi connectivity index (χ1n) is 5.94. The summed E-state index contributed by atoms with van der Waals surface area (Å²) in [5.41, 5.74) is 0. The van der Waals surface area contributed by atoms with Crippen LogP contribution in [-0.4, -0.2) is 18.5 Å². The monoisotopic (exact) mass is 220 g/mol.